The first kappa shape index (κ1) is 25.3. The van der Waals surface area contributed by atoms with Crippen LogP contribution in [0, 0.1) is 0 Å². The van der Waals surface area contributed by atoms with Gasteiger partial charge < -0.3 is 14.2 Å². The first-order valence-corrected chi connectivity index (χ1v) is 11.3. The van der Waals surface area contributed by atoms with E-state index < -0.39 is 24.0 Å². The van der Waals surface area contributed by atoms with Crippen molar-refractivity contribution >= 4 is 22.6 Å². The summed E-state index contributed by atoms with van der Waals surface area (Å²) in [5.41, 5.74) is 1.27. The molecular formula is C21H19F3N6O5S. The first-order chi connectivity index (χ1) is 17.2. The van der Waals surface area contributed by atoms with Gasteiger partial charge in [-0.2, -0.15) is 13.2 Å². The molecule has 1 unspecified atom stereocenters. The number of methoxy groups -OCH3 is 2. The number of imidazole rings is 1. The minimum absolute atomic E-state index is 0.0748. The van der Waals surface area contributed by atoms with Crippen LogP contribution in [-0.2, 0) is 17.8 Å². The lowest BCUT2D eigenvalue weighted by molar-refractivity contribution is -0.154. The number of ether oxygens (including phenoxy) is 3. The number of benzene rings is 1. The smallest absolute Gasteiger partial charge is 0.422 e. The van der Waals surface area contributed by atoms with Crippen LogP contribution >= 0.6 is 0 Å². The van der Waals surface area contributed by atoms with Gasteiger partial charge in [0.25, 0.3) is 0 Å². The molecule has 190 valence electrons. The molecule has 0 amide bonds. The number of aromatic nitrogens is 5. The quantitative estimate of drug-likeness (QED) is 0.317. The number of hydrogen-bond acceptors (Lipinski definition) is 8. The fourth-order valence-corrected chi connectivity index (χ4v) is 3.59. The van der Waals surface area contributed by atoms with E-state index in [1.165, 1.54) is 43.2 Å². The Hall–Kier alpha value is -3.82. The highest BCUT2D eigenvalue weighted by atomic mass is 32.2. The number of rotatable bonds is 9. The normalized spacial score (nSPS) is 12.5. The molecule has 1 atom stereocenters. The average Bonchev–Trinajstić information content (AvgIpc) is 3.23. The number of hydrogen-bond donors (Lipinski definition) is 2. The average molecular weight is 524 g/mol. The zero-order valence-corrected chi connectivity index (χ0v) is 19.6. The molecule has 2 N–H and O–H groups in total. The Morgan fingerprint density at radius 2 is 1.75 bits per heavy atom. The van der Waals surface area contributed by atoms with E-state index in [2.05, 4.69) is 24.7 Å². The van der Waals surface area contributed by atoms with Gasteiger partial charge in [-0.25, -0.2) is 28.9 Å². The molecule has 15 heteroatoms. The molecule has 36 heavy (non-hydrogen) atoms. The highest BCUT2D eigenvalue weighted by Gasteiger charge is 2.29. The van der Waals surface area contributed by atoms with Crippen LogP contribution in [0.4, 0.5) is 13.2 Å². The molecule has 0 aliphatic rings. The van der Waals surface area contributed by atoms with Crippen LogP contribution in [0.25, 0.3) is 28.5 Å². The molecule has 11 nitrogen and oxygen atoms in total. The summed E-state index contributed by atoms with van der Waals surface area (Å²) in [7, 11) is 2.91. The van der Waals surface area contributed by atoms with E-state index in [-0.39, 0.29) is 35.2 Å². The van der Waals surface area contributed by atoms with E-state index in [1.807, 2.05) is 0 Å². The van der Waals surface area contributed by atoms with Gasteiger partial charge >= 0.3 is 6.18 Å². The summed E-state index contributed by atoms with van der Waals surface area (Å²) in [6, 6.07) is 9.37. The Kier molecular flexibility index (Phi) is 7.32. The molecule has 4 rings (SSSR count). The standard InChI is InChI=1S/C21H19F3N6O5S/c1-33-14-6-4-7-15(34-2)17(14)30-19(13-5-3-8-16(28-13)35-11-21(22,23)24)29-18-20(30)27-12(9-25-18)10-26-36(31)32/h3-9,26H,10-11H2,1-2H3,(H,31,32). The molecule has 0 bridgehead atoms. The van der Waals surface area contributed by atoms with Gasteiger partial charge in [0, 0.05) is 6.07 Å². The van der Waals surface area contributed by atoms with Crippen molar-refractivity contribution in [3.63, 3.8) is 0 Å². The third-order valence-corrected chi connectivity index (χ3v) is 5.15. The summed E-state index contributed by atoms with van der Waals surface area (Å²) in [5.74, 6) is 0.662. The predicted octanol–water partition coefficient (Wildman–Crippen LogP) is 3.06. The minimum Gasteiger partial charge on any atom is -0.494 e. The second-order valence-corrected chi connectivity index (χ2v) is 7.91. The molecule has 0 aliphatic heterocycles. The number of halogens is 3. The van der Waals surface area contributed by atoms with Crippen molar-refractivity contribution < 1.29 is 36.1 Å². The van der Waals surface area contributed by atoms with Gasteiger partial charge in [-0.3, -0.25) is 9.12 Å². The number of nitrogens with zero attached hydrogens (tertiary/aromatic N) is 5. The Morgan fingerprint density at radius 1 is 1.06 bits per heavy atom. The molecule has 0 radical (unpaired) electrons. The zero-order valence-electron chi connectivity index (χ0n) is 18.8. The first-order valence-electron chi connectivity index (χ1n) is 10.2. The highest BCUT2D eigenvalue weighted by molar-refractivity contribution is 7.77. The van der Waals surface area contributed by atoms with Gasteiger partial charge in [0.15, 0.2) is 23.7 Å². The van der Waals surface area contributed by atoms with Crippen molar-refractivity contribution in [2.75, 3.05) is 20.8 Å². The van der Waals surface area contributed by atoms with Crippen LogP contribution in [0.5, 0.6) is 17.4 Å². The number of para-hydroxylation sites is 1. The Balaban J connectivity index is 1.94. The van der Waals surface area contributed by atoms with E-state index >= 15 is 0 Å². The molecule has 0 saturated carbocycles. The number of fused-ring (bicyclic) bond motifs is 1. The van der Waals surface area contributed by atoms with Crippen LogP contribution in [-0.4, -0.2) is 60.3 Å². The summed E-state index contributed by atoms with van der Waals surface area (Å²) in [4.78, 5) is 17.5. The lowest BCUT2D eigenvalue weighted by Crippen LogP contribution is -2.19. The Labute approximate surface area is 204 Å². The van der Waals surface area contributed by atoms with Crippen molar-refractivity contribution in [1.82, 2.24) is 29.2 Å². The molecule has 3 aromatic heterocycles. The van der Waals surface area contributed by atoms with Crippen LogP contribution in [0.3, 0.4) is 0 Å². The van der Waals surface area contributed by atoms with Gasteiger partial charge in [0.1, 0.15) is 22.9 Å². The van der Waals surface area contributed by atoms with Crippen molar-refractivity contribution in [2.24, 2.45) is 0 Å². The Bertz CT molecular complexity index is 1390. The second kappa shape index (κ2) is 10.4. The van der Waals surface area contributed by atoms with Crippen LogP contribution in [0.15, 0.2) is 42.6 Å². The van der Waals surface area contributed by atoms with Crippen molar-refractivity contribution in [2.45, 2.75) is 12.7 Å². The molecule has 3 heterocycles. The van der Waals surface area contributed by atoms with Crippen molar-refractivity contribution in [1.29, 1.82) is 0 Å². The van der Waals surface area contributed by atoms with Crippen LogP contribution < -0.4 is 18.9 Å². The molecule has 0 aliphatic carbocycles. The maximum Gasteiger partial charge on any atom is 0.422 e. The third kappa shape index (κ3) is 5.53. The molecule has 0 fully saturated rings. The lowest BCUT2D eigenvalue weighted by Gasteiger charge is -2.16. The SMILES string of the molecule is COc1cccc(OC)c1-n1c(-c2cccc(OCC(F)(F)F)n2)nc2ncc(CNS(=O)O)nc21. The van der Waals surface area contributed by atoms with Gasteiger partial charge in [0.2, 0.25) is 17.1 Å². The molecule has 1 aromatic carbocycles. The lowest BCUT2D eigenvalue weighted by atomic mass is 10.2. The van der Waals surface area contributed by atoms with E-state index in [1.54, 1.807) is 18.2 Å². The fraction of sp³-hybridized carbons (Fsp3) is 0.238. The summed E-state index contributed by atoms with van der Waals surface area (Å²) < 4.78 is 77.8. The maximum absolute atomic E-state index is 12.7. The molecule has 0 saturated heterocycles. The molecule has 0 spiro atoms. The highest BCUT2D eigenvalue weighted by Crippen LogP contribution is 2.37. The molecule has 4 aromatic rings. The second-order valence-electron chi connectivity index (χ2n) is 7.13. The molecular weight excluding hydrogens is 505 g/mol. The number of nitrogens with one attached hydrogen (secondary N) is 1. The minimum atomic E-state index is -4.54. The van der Waals surface area contributed by atoms with Crippen molar-refractivity contribution in [3.05, 3.63) is 48.3 Å². The van der Waals surface area contributed by atoms with Crippen molar-refractivity contribution in [3.8, 4) is 34.6 Å². The van der Waals surface area contributed by atoms with E-state index in [4.69, 9.17) is 18.8 Å². The monoisotopic (exact) mass is 524 g/mol. The number of alkyl halides is 3. The summed E-state index contributed by atoms with van der Waals surface area (Å²) in [6.45, 7) is -1.58. The van der Waals surface area contributed by atoms with E-state index in [9.17, 15) is 17.4 Å². The fourth-order valence-electron chi connectivity index (χ4n) is 3.32. The van der Waals surface area contributed by atoms with Gasteiger partial charge in [-0.15, -0.1) is 0 Å². The Morgan fingerprint density at radius 3 is 2.39 bits per heavy atom. The van der Waals surface area contributed by atoms with Gasteiger partial charge in [-0.1, -0.05) is 12.1 Å². The third-order valence-electron chi connectivity index (χ3n) is 4.76. The van der Waals surface area contributed by atoms with E-state index in [0.29, 0.717) is 22.9 Å². The summed E-state index contributed by atoms with van der Waals surface area (Å²) in [6.07, 6.45) is -3.16. The van der Waals surface area contributed by atoms with Gasteiger partial charge in [0.05, 0.1) is 32.7 Å². The predicted molar refractivity (Wildman–Crippen MR) is 122 cm³/mol. The van der Waals surface area contributed by atoms with Crippen LogP contribution in [0.2, 0.25) is 0 Å². The maximum atomic E-state index is 12.7. The summed E-state index contributed by atoms with van der Waals surface area (Å²) >= 11 is -2.27. The zero-order chi connectivity index (χ0) is 25.9. The van der Waals surface area contributed by atoms with E-state index in [0.717, 1.165) is 0 Å². The largest absolute Gasteiger partial charge is 0.494 e. The van der Waals surface area contributed by atoms with Crippen LogP contribution in [0.1, 0.15) is 5.69 Å². The summed E-state index contributed by atoms with van der Waals surface area (Å²) in [5, 5.41) is 0. The number of pyridine rings is 1. The van der Waals surface area contributed by atoms with Gasteiger partial charge in [-0.05, 0) is 18.2 Å². The topological polar surface area (TPSA) is 134 Å².